The van der Waals surface area contributed by atoms with Gasteiger partial charge in [-0.25, -0.2) is 4.79 Å². The Balaban J connectivity index is 2.82. The molecule has 98 valence electrons. The Morgan fingerprint density at radius 2 is 1.83 bits per heavy atom. The summed E-state index contributed by atoms with van der Waals surface area (Å²) in [7, 11) is 1.31. The van der Waals surface area contributed by atoms with Crippen LogP contribution in [0.3, 0.4) is 0 Å². The van der Waals surface area contributed by atoms with Crippen molar-refractivity contribution < 1.29 is 14.3 Å². The van der Waals surface area contributed by atoms with E-state index in [4.69, 9.17) is 0 Å². The fourth-order valence-corrected chi connectivity index (χ4v) is 1.58. The van der Waals surface area contributed by atoms with Crippen molar-refractivity contribution in [3.05, 3.63) is 35.9 Å². The fourth-order valence-electron chi connectivity index (χ4n) is 1.58. The zero-order valence-corrected chi connectivity index (χ0v) is 11.0. The normalized spacial score (nSPS) is 12.0. The second-order valence-corrected chi connectivity index (χ2v) is 4.42. The number of benzene rings is 1. The van der Waals surface area contributed by atoms with E-state index in [1.165, 1.54) is 7.11 Å². The van der Waals surface area contributed by atoms with Gasteiger partial charge in [0.2, 0.25) is 0 Å². The molecule has 1 atom stereocenters. The number of hydrogen-bond donors (Lipinski definition) is 1. The van der Waals surface area contributed by atoms with E-state index in [0.717, 1.165) is 5.56 Å². The molecule has 0 fully saturated rings. The second kappa shape index (κ2) is 6.79. The fraction of sp³-hybridized carbons (Fsp3) is 0.429. The summed E-state index contributed by atoms with van der Waals surface area (Å²) in [6.45, 7) is 3.70. The van der Waals surface area contributed by atoms with Gasteiger partial charge in [0.25, 0.3) is 0 Å². The van der Waals surface area contributed by atoms with Crippen molar-refractivity contribution in [3.8, 4) is 0 Å². The first kappa shape index (κ1) is 14.2. The van der Waals surface area contributed by atoms with Crippen molar-refractivity contribution >= 4 is 11.9 Å². The third-order valence-corrected chi connectivity index (χ3v) is 2.73. The Hall–Kier alpha value is -1.84. The second-order valence-electron chi connectivity index (χ2n) is 4.42. The van der Waals surface area contributed by atoms with Gasteiger partial charge in [0.05, 0.1) is 13.2 Å². The number of Topliss-reactive ketones (excluding diaryl/α,β-unsaturated/α-hetero) is 1. The van der Waals surface area contributed by atoms with Crippen molar-refractivity contribution in [1.29, 1.82) is 0 Å². The monoisotopic (exact) mass is 249 g/mol. The van der Waals surface area contributed by atoms with Crippen molar-refractivity contribution in [3.63, 3.8) is 0 Å². The number of carbonyl (C=O) groups excluding carboxylic acids is 2. The van der Waals surface area contributed by atoms with E-state index in [1.54, 1.807) is 0 Å². The number of alkyl carbamates (subject to hydrolysis) is 1. The summed E-state index contributed by atoms with van der Waals surface area (Å²) in [5, 5.41) is 2.69. The lowest BCUT2D eigenvalue weighted by atomic mass is 9.96. The summed E-state index contributed by atoms with van der Waals surface area (Å²) in [5.74, 6) is 0.0657. The van der Waals surface area contributed by atoms with Crippen LogP contribution in [0.2, 0.25) is 0 Å². The van der Waals surface area contributed by atoms with E-state index in [2.05, 4.69) is 10.1 Å². The number of amides is 1. The molecule has 1 rings (SSSR count). The molecule has 1 amide bonds. The van der Waals surface area contributed by atoms with Crippen molar-refractivity contribution in [1.82, 2.24) is 5.32 Å². The first-order valence-corrected chi connectivity index (χ1v) is 5.96. The minimum atomic E-state index is -0.527. The molecular formula is C14H19NO3. The van der Waals surface area contributed by atoms with Gasteiger partial charge in [0, 0.05) is 12.3 Å². The van der Waals surface area contributed by atoms with Gasteiger partial charge < -0.3 is 10.1 Å². The molecular weight excluding hydrogens is 230 g/mol. The molecule has 4 nitrogen and oxygen atoms in total. The average molecular weight is 249 g/mol. The highest BCUT2D eigenvalue weighted by atomic mass is 16.5. The maximum atomic E-state index is 11.8. The summed E-state index contributed by atoms with van der Waals surface area (Å²) >= 11 is 0. The number of methoxy groups -OCH3 is 1. The molecule has 1 unspecified atom stereocenters. The van der Waals surface area contributed by atoms with E-state index < -0.39 is 6.09 Å². The van der Waals surface area contributed by atoms with Gasteiger partial charge in [-0.1, -0.05) is 44.2 Å². The Morgan fingerprint density at radius 1 is 1.22 bits per heavy atom. The molecule has 0 saturated heterocycles. The van der Waals surface area contributed by atoms with Crippen LogP contribution < -0.4 is 5.32 Å². The van der Waals surface area contributed by atoms with Gasteiger partial charge in [-0.3, -0.25) is 4.79 Å². The number of ketones is 1. The molecule has 1 aromatic carbocycles. The minimum Gasteiger partial charge on any atom is -0.453 e. The Labute approximate surface area is 107 Å². The lowest BCUT2D eigenvalue weighted by molar-refractivity contribution is -0.122. The highest BCUT2D eigenvalue weighted by Gasteiger charge is 2.19. The molecule has 1 aromatic rings. The first-order chi connectivity index (χ1) is 8.54. The summed E-state index contributed by atoms with van der Waals surface area (Å²) in [6, 6.07) is 9.07. The lowest BCUT2D eigenvalue weighted by Gasteiger charge is -2.18. The van der Waals surface area contributed by atoms with Crippen molar-refractivity contribution in [2.24, 2.45) is 5.92 Å². The van der Waals surface area contributed by atoms with Crippen LogP contribution in [0.4, 0.5) is 4.79 Å². The molecule has 0 saturated carbocycles. The molecule has 0 aliphatic carbocycles. The van der Waals surface area contributed by atoms with Gasteiger partial charge in [0.15, 0.2) is 0 Å². The van der Waals surface area contributed by atoms with E-state index in [-0.39, 0.29) is 24.2 Å². The predicted molar refractivity (Wildman–Crippen MR) is 69.2 cm³/mol. The number of nitrogens with one attached hydrogen (secondary N) is 1. The van der Waals surface area contributed by atoms with E-state index in [0.29, 0.717) is 0 Å². The quantitative estimate of drug-likeness (QED) is 0.872. The smallest absolute Gasteiger partial charge is 0.407 e. The molecule has 0 aliphatic rings. The van der Waals surface area contributed by atoms with Crippen LogP contribution in [-0.2, 0) is 9.53 Å². The molecule has 0 bridgehead atoms. The summed E-state index contributed by atoms with van der Waals surface area (Å²) in [4.78, 5) is 23.1. The molecule has 0 heterocycles. The Bertz CT molecular complexity index is 401. The van der Waals surface area contributed by atoms with Crippen molar-refractivity contribution in [2.75, 3.05) is 7.11 Å². The van der Waals surface area contributed by atoms with Gasteiger partial charge >= 0.3 is 6.09 Å². The van der Waals surface area contributed by atoms with Crippen LogP contribution in [0.15, 0.2) is 30.3 Å². The third-order valence-electron chi connectivity index (χ3n) is 2.73. The number of ether oxygens (including phenoxy) is 1. The molecule has 0 radical (unpaired) electrons. The average Bonchev–Trinajstić information content (AvgIpc) is 2.38. The van der Waals surface area contributed by atoms with Gasteiger partial charge in [0.1, 0.15) is 5.78 Å². The third kappa shape index (κ3) is 4.20. The SMILES string of the molecule is COC(=O)NC(CC(=O)C(C)C)c1ccccc1. The van der Waals surface area contributed by atoms with E-state index in [1.807, 2.05) is 44.2 Å². The number of rotatable bonds is 5. The van der Waals surface area contributed by atoms with E-state index in [9.17, 15) is 9.59 Å². The summed E-state index contributed by atoms with van der Waals surface area (Å²) in [5.41, 5.74) is 0.900. The maximum absolute atomic E-state index is 11.8. The molecule has 0 spiro atoms. The summed E-state index contributed by atoms with van der Waals surface area (Å²) < 4.78 is 4.58. The number of carbonyl (C=O) groups is 2. The molecule has 18 heavy (non-hydrogen) atoms. The lowest BCUT2D eigenvalue weighted by Crippen LogP contribution is -2.30. The zero-order valence-electron chi connectivity index (χ0n) is 11.0. The van der Waals surface area contributed by atoms with Crippen LogP contribution in [0.1, 0.15) is 31.9 Å². The Kier molecular flexibility index (Phi) is 5.36. The largest absolute Gasteiger partial charge is 0.453 e. The first-order valence-electron chi connectivity index (χ1n) is 5.96. The molecule has 4 heteroatoms. The van der Waals surface area contributed by atoms with Crippen molar-refractivity contribution in [2.45, 2.75) is 26.3 Å². The van der Waals surface area contributed by atoms with Crippen LogP contribution in [0.5, 0.6) is 0 Å². The van der Waals surface area contributed by atoms with Crippen LogP contribution >= 0.6 is 0 Å². The number of hydrogen-bond acceptors (Lipinski definition) is 3. The van der Waals surface area contributed by atoms with Crippen LogP contribution in [0.25, 0.3) is 0 Å². The minimum absolute atomic E-state index is 0.0457. The highest BCUT2D eigenvalue weighted by Crippen LogP contribution is 2.19. The van der Waals surface area contributed by atoms with Gasteiger partial charge in [-0.2, -0.15) is 0 Å². The topological polar surface area (TPSA) is 55.4 Å². The standard InChI is InChI=1S/C14H19NO3/c1-10(2)13(16)9-12(15-14(17)18-3)11-7-5-4-6-8-11/h4-8,10,12H,9H2,1-3H3,(H,15,17). The molecule has 1 N–H and O–H groups in total. The Morgan fingerprint density at radius 3 is 2.33 bits per heavy atom. The van der Waals surface area contributed by atoms with Gasteiger partial charge in [-0.15, -0.1) is 0 Å². The zero-order chi connectivity index (χ0) is 13.5. The molecule has 0 aliphatic heterocycles. The summed E-state index contributed by atoms with van der Waals surface area (Å²) in [6.07, 6.45) is -0.253. The predicted octanol–water partition coefficient (Wildman–Crippen LogP) is 2.70. The van der Waals surface area contributed by atoms with Crippen LogP contribution in [-0.4, -0.2) is 19.0 Å². The van der Waals surface area contributed by atoms with E-state index >= 15 is 0 Å². The molecule has 0 aromatic heterocycles. The highest BCUT2D eigenvalue weighted by molar-refractivity contribution is 5.81. The maximum Gasteiger partial charge on any atom is 0.407 e. The van der Waals surface area contributed by atoms with Crippen LogP contribution in [0, 0.1) is 5.92 Å². The van der Waals surface area contributed by atoms with Gasteiger partial charge in [-0.05, 0) is 5.56 Å².